The average Bonchev–Trinajstić information content (AvgIpc) is 2.94. The van der Waals surface area contributed by atoms with Crippen LogP contribution >= 0.6 is 11.6 Å². The van der Waals surface area contributed by atoms with Gasteiger partial charge in [-0.25, -0.2) is 9.38 Å². The maximum atomic E-state index is 13.8. The van der Waals surface area contributed by atoms with E-state index in [1.165, 1.54) is 6.21 Å². The van der Waals surface area contributed by atoms with Gasteiger partial charge in [-0.1, -0.05) is 42.0 Å². The van der Waals surface area contributed by atoms with Gasteiger partial charge in [0.2, 0.25) is 0 Å². The second-order valence-corrected chi connectivity index (χ2v) is 5.74. The Hall–Kier alpha value is -2.90. The number of nitriles is 1. The molecule has 2 aliphatic rings. The van der Waals surface area contributed by atoms with E-state index in [0.29, 0.717) is 23.3 Å². The number of nitrogens with zero attached hydrogens (tertiary/aromatic N) is 2. The van der Waals surface area contributed by atoms with Crippen molar-refractivity contribution in [2.75, 3.05) is 0 Å². The molecule has 3 rings (SSSR count). The van der Waals surface area contributed by atoms with Crippen molar-refractivity contribution in [3.05, 3.63) is 88.1 Å². The maximum Gasteiger partial charge on any atom is 0.160 e. The lowest BCUT2D eigenvalue weighted by atomic mass is 9.98. The van der Waals surface area contributed by atoms with Crippen LogP contribution in [0.3, 0.4) is 0 Å². The second-order valence-electron chi connectivity index (χ2n) is 5.38. The smallest absolute Gasteiger partial charge is 0.160 e. The van der Waals surface area contributed by atoms with Crippen LogP contribution in [0, 0.1) is 11.3 Å². The average molecular weight is 353 g/mol. The first-order valence-electron chi connectivity index (χ1n) is 7.70. The zero-order valence-corrected chi connectivity index (χ0v) is 14.0. The Kier molecular flexibility index (Phi) is 5.27. The Morgan fingerprint density at radius 3 is 2.72 bits per heavy atom. The molecule has 1 aliphatic heterocycles. The van der Waals surface area contributed by atoms with E-state index in [9.17, 15) is 9.65 Å². The minimum atomic E-state index is -0.603. The fraction of sp³-hybridized carbons (Fsp3) is 0.100. The van der Waals surface area contributed by atoms with E-state index < -0.39 is 5.83 Å². The van der Waals surface area contributed by atoms with Gasteiger partial charge < -0.3 is 4.74 Å². The molecule has 1 aliphatic carbocycles. The fourth-order valence-electron chi connectivity index (χ4n) is 2.45. The van der Waals surface area contributed by atoms with Crippen LogP contribution in [0.1, 0.15) is 12.8 Å². The first kappa shape index (κ1) is 16.9. The quantitative estimate of drug-likeness (QED) is 0.673. The molecule has 0 radical (unpaired) electrons. The van der Waals surface area contributed by atoms with Gasteiger partial charge in [-0.15, -0.1) is 0 Å². The highest BCUT2D eigenvalue weighted by atomic mass is 35.5. The topological polar surface area (TPSA) is 45.4 Å². The molecule has 0 saturated heterocycles. The van der Waals surface area contributed by atoms with Crippen LogP contribution in [0.25, 0.3) is 0 Å². The predicted octanol–water partition coefficient (Wildman–Crippen LogP) is 5.51. The van der Waals surface area contributed by atoms with Gasteiger partial charge in [0.15, 0.2) is 5.16 Å². The molecule has 0 amide bonds. The van der Waals surface area contributed by atoms with Crippen LogP contribution in [0.15, 0.2) is 93.1 Å². The number of hydrogen-bond donors (Lipinski definition) is 0. The Morgan fingerprint density at radius 2 is 1.96 bits per heavy atom. The highest BCUT2D eigenvalue weighted by molar-refractivity contribution is 6.30. The number of benzene rings is 1. The normalized spacial score (nSPS) is 17.5. The van der Waals surface area contributed by atoms with Crippen molar-refractivity contribution in [1.29, 1.82) is 5.26 Å². The van der Waals surface area contributed by atoms with Gasteiger partial charge in [-0.05, 0) is 36.3 Å². The molecule has 1 heterocycles. The third-order valence-corrected chi connectivity index (χ3v) is 4.00. The van der Waals surface area contributed by atoms with Crippen LogP contribution in [0.5, 0.6) is 5.75 Å². The predicted molar refractivity (Wildman–Crippen MR) is 96.7 cm³/mol. The summed E-state index contributed by atoms with van der Waals surface area (Å²) in [7, 11) is 0. The molecular formula is C20H14ClFN2O. The standard InChI is InChI=1S/C20H14ClFN2O/c21-20-19(22)11-15(12-23)18(13-24-20)14-5-4-8-17(10-9-14)25-16-6-2-1-3-7-16/h1-3,5-10,13H,4,11H2. The first-order chi connectivity index (χ1) is 12.2. The van der Waals surface area contributed by atoms with E-state index in [1.807, 2.05) is 60.7 Å². The van der Waals surface area contributed by atoms with Gasteiger partial charge in [-0.3, -0.25) is 0 Å². The summed E-state index contributed by atoms with van der Waals surface area (Å²) in [6.45, 7) is 0. The van der Waals surface area contributed by atoms with E-state index in [0.717, 1.165) is 11.3 Å². The number of hydrogen-bond acceptors (Lipinski definition) is 3. The number of para-hydroxylation sites is 1. The summed E-state index contributed by atoms with van der Waals surface area (Å²) in [6, 6.07) is 11.5. The van der Waals surface area contributed by atoms with Crippen LogP contribution < -0.4 is 4.74 Å². The summed E-state index contributed by atoms with van der Waals surface area (Å²) in [5.41, 5.74) is 1.64. The first-order valence-corrected chi connectivity index (χ1v) is 8.08. The molecule has 5 heteroatoms. The summed E-state index contributed by atoms with van der Waals surface area (Å²) in [4.78, 5) is 3.89. The Labute approximate surface area is 150 Å². The third kappa shape index (κ3) is 4.14. The molecule has 0 bridgehead atoms. The molecule has 0 aromatic heterocycles. The molecular weight excluding hydrogens is 339 g/mol. The second kappa shape index (κ2) is 7.78. The molecule has 3 nitrogen and oxygen atoms in total. The Balaban J connectivity index is 1.83. The molecule has 0 unspecified atom stereocenters. The minimum absolute atomic E-state index is 0.156. The van der Waals surface area contributed by atoms with Crippen molar-refractivity contribution in [2.45, 2.75) is 12.8 Å². The van der Waals surface area contributed by atoms with Crippen LogP contribution in [-0.4, -0.2) is 6.21 Å². The van der Waals surface area contributed by atoms with E-state index >= 15 is 0 Å². The van der Waals surface area contributed by atoms with Gasteiger partial charge in [-0.2, -0.15) is 5.26 Å². The molecule has 0 fully saturated rings. The summed E-state index contributed by atoms with van der Waals surface area (Å²) in [6.07, 6.45) is 9.42. The summed E-state index contributed by atoms with van der Waals surface area (Å²) in [5, 5.41) is 9.13. The number of ether oxygens (including phenoxy) is 1. The SMILES string of the molecule is N#CC1=C(C2=CCC=C(Oc3ccccc3)C=C2)C=NC(Cl)=C(F)C1. The van der Waals surface area contributed by atoms with Gasteiger partial charge in [0.25, 0.3) is 0 Å². The molecule has 0 atom stereocenters. The van der Waals surface area contributed by atoms with Crippen LogP contribution in [-0.2, 0) is 0 Å². The number of aliphatic imine (C=N–C) groups is 1. The molecule has 0 N–H and O–H groups in total. The lowest BCUT2D eigenvalue weighted by molar-refractivity contribution is 0.443. The number of rotatable bonds is 3. The van der Waals surface area contributed by atoms with Crippen LogP contribution in [0.2, 0.25) is 0 Å². The van der Waals surface area contributed by atoms with Crippen molar-refractivity contribution in [1.82, 2.24) is 0 Å². The number of allylic oxidation sites excluding steroid dienone is 8. The highest BCUT2D eigenvalue weighted by Crippen LogP contribution is 2.29. The lowest BCUT2D eigenvalue weighted by Gasteiger charge is -2.06. The van der Waals surface area contributed by atoms with Crippen molar-refractivity contribution < 1.29 is 9.13 Å². The lowest BCUT2D eigenvalue weighted by Crippen LogP contribution is -1.95. The summed E-state index contributed by atoms with van der Waals surface area (Å²) < 4.78 is 19.6. The molecule has 0 spiro atoms. The largest absolute Gasteiger partial charge is 0.458 e. The Morgan fingerprint density at radius 1 is 1.16 bits per heavy atom. The van der Waals surface area contributed by atoms with Gasteiger partial charge >= 0.3 is 0 Å². The van der Waals surface area contributed by atoms with Crippen molar-refractivity contribution in [2.24, 2.45) is 4.99 Å². The molecule has 1 aromatic rings. The highest BCUT2D eigenvalue weighted by Gasteiger charge is 2.17. The van der Waals surface area contributed by atoms with Gasteiger partial charge in [0, 0.05) is 23.8 Å². The number of halogens is 2. The third-order valence-electron chi connectivity index (χ3n) is 3.70. The van der Waals surface area contributed by atoms with Crippen molar-refractivity contribution >= 4 is 17.8 Å². The monoisotopic (exact) mass is 352 g/mol. The zero-order valence-electron chi connectivity index (χ0n) is 13.2. The van der Waals surface area contributed by atoms with E-state index in [-0.39, 0.29) is 11.6 Å². The minimum Gasteiger partial charge on any atom is -0.458 e. The zero-order chi connectivity index (χ0) is 17.6. The van der Waals surface area contributed by atoms with Gasteiger partial charge in [0.05, 0.1) is 6.07 Å². The molecule has 1 aromatic carbocycles. The van der Waals surface area contributed by atoms with Crippen molar-refractivity contribution in [3.8, 4) is 11.8 Å². The summed E-state index contributed by atoms with van der Waals surface area (Å²) >= 11 is 5.75. The maximum absolute atomic E-state index is 13.8. The van der Waals surface area contributed by atoms with E-state index in [4.69, 9.17) is 16.3 Å². The van der Waals surface area contributed by atoms with Crippen LogP contribution in [0.4, 0.5) is 4.39 Å². The molecule has 25 heavy (non-hydrogen) atoms. The van der Waals surface area contributed by atoms with E-state index in [2.05, 4.69) is 4.99 Å². The van der Waals surface area contributed by atoms with E-state index in [1.54, 1.807) is 0 Å². The fourth-order valence-corrected chi connectivity index (χ4v) is 2.57. The molecule has 124 valence electrons. The molecule has 0 saturated carbocycles. The van der Waals surface area contributed by atoms with Gasteiger partial charge in [0.1, 0.15) is 17.3 Å². The summed E-state index contributed by atoms with van der Waals surface area (Å²) in [5.74, 6) is 0.839. The Bertz CT molecular complexity index is 899. The van der Waals surface area contributed by atoms with Crippen molar-refractivity contribution in [3.63, 3.8) is 0 Å².